The van der Waals surface area contributed by atoms with Crippen LogP contribution in [0.15, 0.2) is 53.4 Å². The summed E-state index contributed by atoms with van der Waals surface area (Å²) >= 11 is 0. The summed E-state index contributed by atoms with van der Waals surface area (Å²) in [5, 5.41) is 0. The molecule has 0 atom stereocenters. The quantitative estimate of drug-likeness (QED) is 0.780. The molecular weight excluding hydrogens is 348 g/mol. The summed E-state index contributed by atoms with van der Waals surface area (Å²) < 4.78 is 33.3. The zero-order valence-corrected chi connectivity index (χ0v) is 16.2. The lowest BCUT2D eigenvalue weighted by atomic mass is 10.2. The highest BCUT2D eigenvalue weighted by atomic mass is 32.2. The summed E-state index contributed by atoms with van der Waals surface area (Å²) in [6.07, 6.45) is 0. The maximum absolute atomic E-state index is 13.1. The summed E-state index contributed by atoms with van der Waals surface area (Å²) in [6, 6.07) is 15.5. The molecule has 1 heterocycles. The van der Waals surface area contributed by atoms with Gasteiger partial charge >= 0.3 is 0 Å². The number of rotatable bonds is 6. The number of hydrogen-bond acceptors (Lipinski definition) is 4. The molecule has 1 aliphatic heterocycles. The van der Waals surface area contributed by atoms with E-state index < -0.39 is 10.0 Å². The van der Waals surface area contributed by atoms with E-state index in [2.05, 4.69) is 17.0 Å². The molecule has 1 aliphatic rings. The zero-order chi connectivity index (χ0) is 18.6. The van der Waals surface area contributed by atoms with Gasteiger partial charge in [0.1, 0.15) is 10.6 Å². The molecule has 0 unspecified atom stereocenters. The first-order valence-corrected chi connectivity index (χ1v) is 10.4. The first kappa shape index (κ1) is 18.9. The highest BCUT2D eigenvalue weighted by Crippen LogP contribution is 2.28. The standard InChI is InChI=1S/C20H26N2O3S/c1-3-25-19-15-17(2)9-10-20(19)26(23,24)22-13-11-21(12-14-22)16-18-7-5-4-6-8-18/h4-10,15H,3,11-14,16H2,1-2H3. The van der Waals surface area contributed by atoms with Crippen LogP contribution in [0.2, 0.25) is 0 Å². The molecule has 2 aromatic carbocycles. The van der Waals surface area contributed by atoms with Gasteiger partial charge in [0.25, 0.3) is 0 Å². The van der Waals surface area contributed by atoms with Gasteiger partial charge in [0.2, 0.25) is 10.0 Å². The molecule has 1 fully saturated rings. The van der Waals surface area contributed by atoms with Crippen molar-refractivity contribution in [1.29, 1.82) is 0 Å². The fraction of sp³-hybridized carbons (Fsp3) is 0.400. The van der Waals surface area contributed by atoms with Gasteiger partial charge in [-0.1, -0.05) is 36.4 Å². The Labute approximate surface area is 156 Å². The molecule has 3 rings (SSSR count). The van der Waals surface area contributed by atoms with E-state index in [1.165, 1.54) is 5.56 Å². The Bertz CT molecular complexity index is 829. The lowest BCUT2D eigenvalue weighted by Crippen LogP contribution is -2.48. The number of aryl methyl sites for hydroxylation is 1. The van der Waals surface area contributed by atoms with Gasteiger partial charge in [-0.05, 0) is 37.1 Å². The van der Waals surface area contributed by atoms with Gasteiger partial charge in [-0.25, -0.2) is 8.42 Å². The van der Waals surface area contributed by atoms with E-state index in [0.717, 1.165) is 25.2 Å². The molecule has 0 N–H and O–H groups in total. The molecule has 5 nitrogen and oxygen atoms in total. The van der Waals surface area contributed by atoms with E-state index in [0.29, 0.717) is 25.4 Å². The first-order valence-electron chi connectivity index (χ1n) is 9.00. The van der Waals surface area contributed by atoms with E-state index in [9.17, 15) is 8.42 Å². The number of nitrogens with zero attached hydrogens (tertiary/aromatic N) is 2. The number of benzene rings is 2. The van der Waals surface area contributed by atoms with Crippen molar-refractivity contribution in [3.8, 4) is 5.75 Å². The fourth-order valence-corrected chi connectivity index (χ4v) is 4.74. The molecule has 1 saturated heterocycles. The second kappa shape index (κ2) is 8.20. The minimum Gasteiger partial charge on any atom is -0.492 e. The van der Waals surface area contributed by atoms with Crippen molar-refractivity contribution in [1.82, 2.24) is 9.21 Å². The number of hydrogen-bond donors (Lipinski definition) is 0. The van der Waals surface area contributed by atoms with Crippen LogP contribution in [-0.4, -0.2) is 50.4 Å². The Morgan fingerprint density at radius 2 is 1.69 bits per heavy atom. The molecule has 0 amide bonds. The smallest absolute Gasteiger partial charge is 0.246 e. The number of ether oxygens (including phenoxy) is 1. The average molecular weight is 375 g/mol. The Balaban J connectivity index is 1.70. The fourth-order valence-electron chi connectivity index (χ4n) is 3.21. The van der Waals surface area contributed by atoms with Gasteiger partial charge in [0, 0.05) is 32.7 Å². The van der Waals surface area contributed by atoms with Gasteiger partial charge in [-0.2, -0.15) is 4.31 Å². The highest BCUT2D eigenvalue weighted by molar-refractivity contribution is 7.89. The van der Waals surface area contributed by atoms with Gasteiger partial charge in [0.05, 0.1) is 6.61 Å². The first-order chi connectivity index (χ1) is 12.5. The Morgan fingerprint density at radius 3 is 2.35 bits per heavy atom. The van der Waals surface area contributed by atoms with Gasteiger partial charge in [0.15, 0.2) is 0 Å². The molecule has 0 saturated carbocycles. The van der Waals surface area contributed by atoms with Crippen molar-refractivity contribution >= 4 is 10.0 Å². The lowest BCUT2D eigenvalue weighted by molar-refractivity contribution is 0.181. The van der Waals surface area contributed by atoms with Crippen LogP contribution >= 0.6 is 0 Å². The molecule has 0 radical (unpaired) electrons. The van der Waals surface area contributed by atoms with E-state index in [1.807, 2.05) is 38.1 Å². The third kappa shape index (κ3) is 4.26. The molecule has 0 aliphatic carbocycles. The monoisotopic (exact) mass is 374 g/mol. The van der Waals surface area contributed by atoms with E-state index >= 15 is 0 Å². The molecule has 140 valence electrons. The minimum absolute atomic E-state index is 0.265. The Morgan fingerprint density at radius 1 is 1.00 bits per heavy atom. The van der Waals surface area contributed by atoms with E-state index in [1.54, 1.807) is 16.4 Å². The van der Waals surface area contributed by atoms with E-state index in [-0.39, 0.29) is 4.90 Å². The van der Waals surface area contributed by atoms with Gasteiger partial charge in [-0.15, -0.1) is 0 Å². The van der Waals surface area contributed by atoms with Crippen molar-refractivity contribution in [3.63, 3.8) is 0 Å². The van der Waals surface area contributed by atoms with Crippen molar-refractivity contribution in [2.24, 2.45) is 0 Å². The number of piperazine rings is 1. The average Bonchev–Trinajstić information content (AvgIpc) is 2.63. The molecule has 6 heteroatoms. The highest BCUT2D eigenvalue weighted by Gasteiger charge is 2.30. The largest absolute Gasteiger partial charge is 0.492 e. The summed E-state index contributed by atoms with van der Waals surface area (Å²) in [4.78, 5) is 2.56. The molecule has 0 spiro atoms. The van der Waals surface area contributed by atoms with Crippen LogP contribution in [0.5, 0.6) is 5.75 Å². The van der Waals surface area contributed by atoms with Crippen LogP contribution in [0.4, 0.5) is 0 Å². The van der Waals surface area contributed by atoms with Gasteiger partial charge in [-0.3, -0.25) is 4.90 Å². The van der Waals surface area contributed by atoms with Crippen molar-refractivity contribution < 1.29 is 13.2 Å². The second-order valence-corrected chi connectivity index (χ2v) is 8.46. The maximum Gasteiger partial charge on any atom is 0.246 e. The summed E-state index contributed by atoms with van der Waals surface area (Å²) in [5.41, 5.74) is 2.24. The van der Waals surface area contributed by atoms with Crippen LogP contribution in [-0.2, 0) is 16.6 Å². The van der Waals surface area contributed by atoms with Gasteiger partial charge < -0.3 is 4.74 Å². The second-order valence-electron chi connectivity index (χ2n) is 6.55. The summed E-state index contributed by atoms with van der Waals surface area (Å²) in [7, 11) is -3.55. The van der Waals surface area contributed by atoms with Crippen molar-refractivity contribution in [2.75, 3.05) is 32.8 Å². The Kier molecular flexibility index (Phi) is 5.96. The lowest BCUT2D eigenvalue weighted by Gasteiger charge is -2.34. The van der Waals surface area contributed by atoms with Crippen LogP contribution in [0.25, 0.3) is 0 Å². The van der Waals surface area contributed by atoms with Crippen molar-refractivity contribution in [2.45, 2.75) is 25.3 Å². The summed E-state index contributed by atoms with van der Waals surface area (Å²) in [6.45, 7) is 7.53. The predicted octanol–water partition coefficient (Wildman–Crippen LogP) is 2.90. The van der Waals surface area contributed by atoms with Crippen LogP contribution in [0.3, 0.4) is 0 Å². The molecule has 26 heavy (non-hydrogen) atoms. The van der Waals surface area contributed by atoms with Crippen molar-refractivity contribution in [3.05, 3.63) is 59.7 Å². The minimum atomic E-state index is -3.55. The maximum atomic E-state index is 13.1. The number of sulfonamides is 1. The molecule has 0 aromatic heterocycles. The third-order valence-corrected chi connectivity index (χ3v) is 6.54. The molecule has 2 aromatic rings. The van der Waals surface area contributed by atoms with Crippen LogP contribution < -0.4 is 4.74 Å². The topological polar surface area (TPSA) is 49.9 Å². The Hall–Kier alpha value is -1.89. The third-order valence-electron chi connectivity index (χ3n) is 4.60. The van der Waals surface area contributed by atoms with Crippen LogP contribution in [0, 0.1) is 6.92 Å². The van der Waals surface area contributed by atoms with Crippen LogP contribution in [0.1, 0.15) is 18.1 Å². The zero-order valence-electron chi connectivity index (χ0n) is 15.4. The SMILES string of the molecule is CCOc1cc(C)ccc1S(=O)(=O)N1CCN(Cc2ccccc2)CC1. The molecule has 0 bridgehead atoms. The summed E-state index contributed by atoms with van der Waals surface area (Å²) in [5.74, 6) is 0.444. The molecular formula is C20H26N2O3S. The van der Waals surface area contributed by atoms with E-state index in [4.69, 9.17) is 4.74 Å². The normalized spacial score (nSPS) is 16.5. The predicted molar refractivity (Wildman–Crippen MR) is 103 cm³/mol.